The SMILES string of the molecule is CCOC(=O)C1=C(CSc2nnc(N)s2)NC(=O)NC1c1ccc(C)cc1. The van der Waals surface area contributed by atoms with Crippen molar-refractivity contribution >= 4 is 40.2 Å². The van der Waals surface area contributed by atoms with Crippen molar-refractivity contribution in [3.63, 3.8) is 0 Å². The van der Waals surface area contributed by atoms with Gasteiger partial charge in [-0.25, -0.2) is 9.59 Å². The number of nitrogens with two attached hydrogens (primary N) is 1. The molecule has 1 aliphatic rings. The Hall–Kier alpha value is -2.59. The zero-order chi connectivity index (χ0) is 19.4. The molecule has 10 heteroatoms. The van der Waals surface area contributed by atoms with Gasteiger partial charge in [-0.2, -0.15) is 0 Å². The Bertz CT molecular complexity index is 879. The van der Waals surface area contributed by atoms with Crippen LogP contribution in [0.2, 0.25) is 0 Å². The Kier molecular flexibility index (Phi) is 5.97. The lowest BCUT2D eigenvalue weighted by Crippen LogP contribution is -2.46. The van der Waals surface area contributed by atoms with E-state index in [0.29, 0.717) is 26.5 Å². The molecule has 0 aliphatic carbocycles. The summed E-state index contributed by atoms with van der Waals surface area (Å²) >= 11 is 2.59. The van der Waals surface area contributed by atoms with E-state index in [1.807, 2.05) is 31.2 Å². The molecule has 1 aromatic heterocycles. The minimum Gasteiger partial charge on any atom is -0.463 e. The maximum absolute atomic E-state index is 12.7. The Morgan fingerprint density at radius 3 is 2.70 bits per heavy atom. The summed E-state index contributed by atoms with van der Waals surface area (Å²) in [6.45, 7) is 3.96. The summed E-state index contributed by atoms with van der Waals surface area (Å²) in [5.74, 6) is -0.138. The van der Waals surface area contributed by atoms with E-state index in [1.165, 1.54) is 23.1 Å². The van der Waals surface area contributed by atoms with Crippen molar-refractivity contribution in [2.24, 2.45) is 0 Å². The van der Waals surface area contributed by atoms with Crippen LogP contribution in [0.25, 0.3) is 0 Å². The van der Waals surface area contributed by atoms with Gasteiger partial charge in [-0.15, -0.1) is 10.2 Å². The Labute approximate surface area is 164 Å². The third kappa shape index (κ3) is 4.58. The summed E-state index contributed by atoms with van der Waals surface area (Å²) in [5.41, 5.74) is 8.36. The van der Waals surface area contributed by atoms with Gasteiger partial charge in [0.1, 0.15) is 0 Å². The van der Waals surface area contributed by atoms with Crippen molar-refractivity contribution in [1.82, 2.24) is 20.8 Å². The molecule has 0 fully saturated rings. The summed E-state index contributed by atoms with van der Waals surface area (Å²) in [4.78, 5) is 24.9. The van der Waals surface area contributed by atoms with E-state index in [-0.39, 0.29) is 12.6 Å². The molecule has 1 aromatic carbocycles. The van der Waals surface area contributed by atoms with Crippen LogP contribution in [0, 0.1) is 6.92 Å². The molecular weight excluding hydrogens is 386 g/mol. The van der Waals surface area contributed by atoms with E-state index < -0.39 is 12.0 Å². The smallest absolute Gasteiger partial charge is 0.338 e. The van der Waals surface area contributed by atoms with Crippen LogP contribution in [-0.4, -0.2) is 34.6 Å². The number of carbonyl (C=O) groups is 2. The van der Waals surface area contributed by atoms with Crippen LogP contribution in [0.15, 0.2) is 39.9 Å². The van der Waals surface area contributed by atoms with E-state index >= 15 is 0 Å². The van der Waals surface area contributed by atoms with E-state index in [0.717, 1.165) is 11.1 Å². The standard InChI is InChI=1S/C17H19N5O3S2/c1-3-25-14(23)12-11(8-26-17-22-21-15(18)27-17)19-16(24)20-13(12)10-6-4-9(2)5-7-10/h4-7,13H,3,8H2,1-2H3,(H2,18,21)(H2,19,20,24). The van der Waals surface area contributed by atoms with Crippen molar-refractivity contribution in [3.8, 4) is 0 Å². The number of anilines is 1. The van der Waals surface area contributed by atoms with Crippen LogP contribution < -0.4 is 16.4 Å². The van der Waals surface area contributed by atoms with Gasteiger partial charge >= 0.3 is 12.0 Å². The molecule has 142 valence electrons. The third-order valence-corrected chi connectivity index (χ3v) is 5.73. The predicted octanol–water partition coefficient (Wildman–Crippen LogP) is 2.39. The van der Waals surface area contributed by atoms with Crippen molar-refractivity contribution < 1.29 is 14.3 Å². The van der Waals surface area contributed by atoms with Gasteiger partial charge in [0.2, 0.25) is 5.13 Å². The number of nitrogen functional groups attached to an aromatic ring is 1. The van der Waals surface area contributed by atoms with Gasteiger partial charge in [0.25, 0.3) is 0 Å². The number of thioether (sulfide) groups is 1. The lowest BCUT2D eigenvalue weighted by Gasteiger charge is -2.29. The summed E-state index contributed by atoms with van der Waals surface area (Å²) in [7, 11) is 0. The maximum atomic E-state index is 12.7. The fourth-order valence-electron chi connectivity index (χ4n) is 2.60. The first-order valence-electron chi connectivity index (χ1n) is 8.24. The van der Waals surface area contributed by atoms with Gasteiger partial charge in [-0.05, 0) is 19.4 Å². The highest BCUT2D eigenvalue weighted by Gasteiger charge is 2.33. The number of ether oxygens (including phenoxy) is 1. The number of hydrogen-bond acceptors (Lipinski definition) is 8. The average Bonchev–Trinajstić information content (AvgIpc) is 3.05. The number of hydrogen-bond donors (Lipinski definition) is 3. The molecule has 0 bridgehead atoms. The van der Waals surface area contributed by atoms with Gasteiger partial charge in [-0.1, -0.05) is 52.9 Å². The molecule has 1 aliphatic heterocycles. The molecule has 4 N–H and O–H groups in total. The van der Waals surface area contributed by atoms with Gasteiger partial charge in [0, 0.05) is 11.4 Å². The first-order chi connectivity index (χ1) is 13.0. The van der Waals surface area contributed by atoms with Crippen LogP contribution in [0.5, 0.6) is 0 Å². The molecule has 2 heterocycles. The molecule has 8 nitrogen and oxygen atoms in total. The number of urea groups is 1. The normalized spacial score (nSPS) is 16.7. The van der Waals surface area contributed by atoms with E-state index in [2.05, 4.69) is 20.8 Å². The third-order valence-electron chi connectivity index (χ3n) is 3.82. The molecule has 1 unspecified atom stereocenters. The van der Waals surface area contributed by atoms with Gasteiger partial charge in [0.15, 0.2) is 4.34 Å². The zero-order valence-corrected chi connectivity index (χ0v) is 16.4. The second-order valence-electron chi connectivity index (χ2n) is 5.75. The van der Waals surface area contributed by atoms with Crippen LogP contribution >= 0.6 is 23.1 Å². The largest absolute Gasteiger partial charge is 0.463 e. The molecule has 2 aromatic rings. The zero-order valence-electron chi connectivity index (χ0n) is 14.8. The number of benzene rings is 1. The van der Waals surface area contributed by atoms with E-state index in [9.17, 15) is 9.59 Å². The summed E-state index contributed by atoms with van der Waals surface area (Å²) in [6.07, 6.45) is 0. The maximum Gasteiger partial charge on any atom is 0.338 e. The number of rotatable bonds is 6. The Morgan fingerprint density at radius 1 is 1.33 bits per heavy atom. The van der Waals surface area contributed by atoms with Crippen LogP contribution in [0.3, 0.4) is 0 Å². The summed E-state index contributed by atoms with van der Waals surface area (Å²) in [5, 5.41) is 13.6. The number of carbonyl (C=O) groups excluding carboxylic acids is 2. The molecule has 0 saturated heterocycles. The summed E-state index contributed by atoms with van der Waals surface area (Å²) in [6, 6.07) is 6.69. The molecule has 27 heavy (non-hydrogen) atoms. The highest BCUT2D eigenvalue weighted by atomic mass is 32.2. The Morgan fingerprint density at radius 2 is 2.07 bits per heavy atom. The highest BCUT2D eigenvalue weighted by molar-refractivity contribution is 8.01. The number of nitrogens with one attached hydrogen (secondary N) is 2. The summed E-state index contributed by atoms with van der Waals surface area (Å²) < 4.78 is 5.89. The molecule has 0 spiro atoms. The van der Waals surface area contributed by atoms with E-state index in [4.69, 9.17) is 10.5 Å². The van der Waals surface area contributed by atoms with Gasteiger partial charge in [0.05, 0.1) is 18.2 Å². The van der Waals surface area contributed by atoms with Crippen LogP contribution in [-0.2, 0) is 9.53 Å². The first kappa shape index (κ1) is 19.2. The van der Waals surface area contributed by atoms with Gasteiger partial charge < -0.3 is 21.1 Å². The number of aromatic nitrogens is 2. The topological polar surface area (TPSA) is 119 Å². The van der Waals surface area contributed by atoms with Crippen molar-refractivity contribution in [3.05, 3.63) is 46.7 Å². The minimum atomic E-state index is -0.589. The minimum absolute atomic E-state index is 0.240. The first-order valence-corrected chi connectivity index (χ1v) is 10.0. The van der Waals surface area contributed by atoms with Crippen molar-refractivity contribution in [2.45, 2.75) is 24.2 Å². The number of amides is 2. The molecule has 1 atom stereocenters. The second-order valence-corrected chi connectivity index (χ2v) is 7.98. The van der Waals surface area contributed by atoms with Crippen LogP contribution in [0.1, 0.15) is 24.1 Å². The molecule has 0 radical (unpaired) electrons. The fraction of sp³-hybridized carbons (Fsp3) is 0.294. The molecule has 0 saturated carbocycles. The van der Waals surface area contributed by atoms with Crippen molar-refractivity contribution in [2.75, 3.05) is 18.1 Å². The fourth-order valence-corrected chi connectivity index (χ4v) is 4.21. The van der Waals surface area contributed by atoms with Crippen molar-refractivity contribution in [1.29, 1.82) is 0 Å². The van der Waals surface area contributed by atoms with Gasteiger partial charge in [-0.3, -0.25) is 0 Å². The lowest BCUT2D eigenvalue weighted by molar-refractivity contribution is -0.139. The monoisotopic (exact) mass is 405 g/mol. The quantitative estimate of drug-likeness (QED) is 0.499. The number of aryl methyl sites for hydroxylation is 1. The second kappa shape index (κ2) is 8.40. The molecule has 2 amide bonds. The molecule has 3 rings (SSSR count). The predicted molar refractivity (Wildman–Crippen MR) is 104 cm³/mol. The van der Waals surface area contributed by atoms with Crippen LogP contribution in [0.4, 0.5) is 9.93 Å². The lowest BCUT2D eigenvalue weighted by atomic mass is 9.95. The molecular formula is C17H19N5O3S2. The average molecular weight is 406 g/mol. The number of nitrogens with zero attached hydrogens (tertiary/aromatic N) is 2. The highest BCUT2D eigenvalue weighted by Crippen LogP contribution is 2.32. The Balaban J connectivity index is 1.96. The van der Waals surface area contributed by atoms with E-state index in [1.54, 1.807) is 6.92 Å². The number of esters is 1.